The highest BCUT2D eigenvalue weighted by Crippen LogP contribution is 2.47. The van der Waals surface area contributed by atoms with Crippen LogP contribution in [-0.4, -0.2) is 19.0 Å². The zero-order valence-electron chi connectivity index (χ0n) is 13.5. The number of benzene rings is 2. The number of aliphatic imine (C=N–C) groups is 1. The number of Topliss-reactive ketones (excluding diaryl/α,β-unsaturated/α-hetero) is 1. The van der Waals surface area contributed by atoms with Gasteiger partial charge < -0.3 is 0 Å². The quantitative estimate of drug-likeness (QED) is 0.770. The van der Waals surface area contributed by atoms with Gasteiger partial charge in [-0.25, -0.2) is 0 Å². The Morgan fingerprint density at radius 1 is 1.09 bits per heavy atom. The molecule has 2 heteroatoms. The summed E-state index contributed by atoms with van der Waals surface area (Å²) >= 11 is 0. The number of hydrogen-bond donors (Lipinski definition) is 0. The van der Waals surface area contributed by atoms with E-state index in [0.29, 0.717) is 17.6 Å². The molecule has 0 radical (unpaired) electrons. The number of nitrogens with zero attached hydrogens (tertiary/aromatic N) is 1. The van der Waals surface area contributed by atoms with Crippen LogP contribution < -0.4 is 0 Å². The molecule has 0 saturated heterocycles. The zero-order chi connectivity index (χ0) is 15.9. The van der Waals surface area contributed by atoms with Crippen LogP contribution in [0.1, 0.15) is 36.0 Å². The Balaban J connectivity index is 0.000000164. The summed E-state index contributed by atoms with van der Waals surface area (Å²) in [5, 5.41) is 0. The molecule has 2 nitrogen and oxygen atoms in total. The summed E-state index contributed by atoms with van der Waals surface area (Å²) < 4.78 is 0. The van der Waals surface area contributed by atoms with Crippen molar-refractivity contribution in [2.24, 2.45) is 10.9 Å². The molecule has 1 aliphatic carbocycles. The van der Waals surface area contributed by atoms with Crippen LogP contribution in [0.5, 0.6) is 0 Å². The fourth-order valence-corrected chi connectivity index (χ4v) is 2.51. The number of ketones is 1. The van der Waals surface area contributed by atoms with Crippen molar-refractivity contribution in [1.82, 2.24) is 0 Å². The first kappa shape index (κ1) is 16.2. The van der Waals surface area contributed by atoms with Gasteiger partial charge in [-0.2, -0.15) is 0 Å². The lowest BCUT2D eigenvalue weighted by Gasteiger charge is -1.96. The van der Waals surface area contributed by atoms with Gasteiger partial charge in [0.1, 0.15) is 5.78 Å². The second-order valence-corrected chi connectivity index (χ2v) is 5.77. The Morgan fingerprint density at radius 2 is 1.73 bits per heavy atom. The molecule has 0 amide bonds. The predicted molar refractivity (Wildman–Crippen MR) is 92.7 cm³/mol. The standard InChI is InChI=1S/C11H12O.C9H11N/c1-8(12)10-7-11(10)9-5-3-2-4-6-9;1-8-3-5-9(6-4-8)7-10-2/h2-6,10-11H,7H2,1H3;3-7H,1-2H3. The molecular formula is C20H23NO. The number of carbonyl (C=O) groups is 1. The maximum atomic E-state index is 11.0. The lowest BCUT2D eigenvalue weighted by molar-refractivity contribution is -0.118. The molecule has 0 aliphatic heterocycles. The molecule has 0 bridgehead atoms. The van der Waals surface area contributed by atoms with E-state index in [-0.39, 0.29) is 0 Å². The summed E-state index contributed by atoms with van der Waals surface area (Å²) in [7, 11) is 1.78. The molecule has 0 aromatic heterocycles. The van der Waals surface area contributed by atoms with E-state index in [1.165, 1.54) is 11.1 Å². The summed E-state index contributed by atoms with van der Waals surface area (Å²) in [6.45, 7) is 3.76. The van der Waals surface area contributed by atoms with Crippen molar-refractivity contribution in [1.29, 1.82) is 0 Å². The van der Waals surface area contributed by atoms with Gasteiger partial charge in [0, 0.05) is 19.2 Å². The Kier molecular flexibility index (Phi) is 5.65. The highest BCUT2D eigenvalue weighted by molar-refractivity contribution is 5.82. The Labute approximate surface area is 132 Å². The van der Waals surface area contributed by atoms with Gasteiger partial charge in [0.25, 0.3) is 0 Å². The van der Waals surface area contributed by atoms with Crippen LogP contribution in [0.15, 0.2) is 59.6 Å². The van der Waals surface area contributed by atoms with Gasteiger partial charge >= 0.3 is 0 Å². The van der Waals surface area contributed by atoms with Crippen LogP contribution in [0.25, 0.3) is 0 Å². The van der Waals surface area contributed by atoms with Crippen LogP contribution >= 0.6 is 0 Å². The normalized spacial score (nSPS) is 19.4. The van der Waals surface area contributed by atoms with Crippen LogP contribution in [0.3, 0.4) is 0 Å². The summed E-state index contributed by atoms with van der Waals surface area (Å²) in [5.41, 5.74) is 3.76. The minimum Gasteiger partial charge on any atom is -0.300 e. The fraction of sp³-hybridized carbons (Fsp3) is 0.300. The van der Waals surface area contributed by atoms with E-state index >= 15 is 0 Å². The van der Waals surface area contributed by atoms with Crippen molar-refractivity contribution in [3.05, 3.63) is 71.3 Å². The molecule has 3 rings (SSSR count). The fourth-order valence-electron chi connectivity index (χ4n) is 2.51. The van der Waals surface area contributed by atoms with E-state index in [1.807, 2.05) is 24.4 Å². The van der Waals surface area contributed by atoms with Gasteiger partial charge in [0.2, 0.25) is 0 Å². The second-order valence-electron chi connectivity index (χ2n) is 5.77. The van der Waals surface area contributed by atoms with Crippen molar-refractivity contribution in [2.75, 3.05) is 7.05 Å². The molecule has 22 heavy (non-hydrogen) atoms. The van der Waals surface area contributed by atoms with Crippen molar-refractivity contribution < 1.29 is 4.79 Å². The second kappa shape index (κ2) is 7.69. The number of carbonyl (C=O) groups excluding carboxylic acids is 1. The third-order valence-corrected chi connectivity index (χ3v) is 3.90. The molecule has 2 aromatic carbocycles. The van der Waals surface area contributed by atoms with E-state index < -0.39 is 0 Å². The molecule has 2 atom stereocenters. The average molecular weight is 293 g/mol. The molecule has 0 heterocycles. The van der Waals surface area contributed by atoms with Gasteiger partial charge in [-0.15, -0.1) is 0 Å². The van der Waals surface area contributed by atoms with Crippen LogP contribution in [0.2, 0.25) is 0 Å². The number of aryl methyl sites for hydroxylation is 1. The predicted octanol–water partition coefficient (Wildman–Crippen LogP) is 4.42. The highest BCUT2D eigenvalue weighted by Gasteiger charge is 2.41. The number of hydrogen-bond acceptors (Lipinski definition) is 2. The lowest BCUT2D eigenvalue weighted by atomic mass is 10.1. The first-order chi connectivity index (χ1) is 10.6. The summed E-state index contributed by atoms with van der Waals surface area (Å²) in [4.78, 5) is 14.9. The zero-order valence-corrected chi connectivity index (χ0v) is 13.5. The topological polar surface area (TPSA) is 29.4 Å². The SMILES string of the molecule is CC(=O)C1CC1c1ccccc1.CN=Cc1ccc(C)cc1. The maximum Gasteiger partial charge on any atom is 0.133 e. The Bertz CT molecular complexity index is 629. The molecule has 1 saturated carbocycles. The molecule has 2 unspecified atom stereocenters. The third-order valence-electron chi connectivity index (χ3n) is 3.90. The van der Waals surface area contributed by atoms with Gasteiger partial charge in [0.05, 0.1) is 0 Å². The maximum absolute atomic E-state index is 11.0. The number of rotatable bonds is 3. The molecular weight excluding hydrogens is 270 g/mol. The van der Waals surface area contributed by atoms with Gasteiger partial charge in [-0.3, -0.25) is 9.79 Å². The van der Waals surface area contributed by atoms with E-state index in [2.05, 4.69) is 48.3 Å². The van der Waals surface area contributed by atoms with E-state index in [0.717, 1.165) is 12.0 Å². The molecule has 1 aliphatic rings. The minimum atomic E-state index is 0.312. The first-order valence-corrected chi connectivity index (χ1v) is 7.66. The Hall–Kier alpha value is -2.22. The molecule has 114 valence electrons. The minimum absolute atomic E-state index is 0.312. The highest BCUT2D eigenvalue weighted by atomic mass is 16.1. The van der Waals surface area contributed by atoms with Gasteiger partial charge in [-0.1, -0.05) is 60.2 Å². The molecule has 1 fully saturated rings. The largest absolute Gasteiger partial charge is 0.300 e. The smallest absolute Gasteiger partial charge is 0.133 e. The van der Waals surface area contributed by atoms with Crippen LogP contribution in [0, 0.1) is 12.8 Å². The third kappa shape index (κ3) is 4.66. The van der Waals surface area contributed by atoms with Crippen molar-refractivity contribution in [3.8, 4) is 0 Å². The molecule has 0 spiro atoms. The van der Waals surface area contributed by atoms with Crippen LogP contribution in [-0.2, 0) is 4.79 Å². The van der Waals surface area contributed by atoms with Crippen molar-refractivity contribution in [2.45, 2.75) is 26.2 Å². The van der Waals surface area contributed by atoms with E-state index in [9.17, 15) is 4.79 Å². The monoisotopic (exact) mass is 293 g/mol. The van der Waals surface area contributed by atoms with Crippen molar-refractivity contribution >= 4 is 12.0 Å². The molecule has 0 N–H and O–H groups in total. The van der Waals surface area contributed by atoms with Crippen LogP contribution in [0.4, 0.5) is 0 Å². The van der Waals surface area contributed by atoms with Gasteiger partial charge in [0.15, 0.2) is 0 Å². The summed E-state index contributed by atoms with van der Waals surface area (Å²) in [6.07, 6.45) is 2.90. The average Bonchev–Trinajstić information content (AvgIpc) is 3.32. The van der Waals surface area contributed by atoms with E-state index in [4.69, 9.17) is 0 Å². The van der Waals surface area contributed by atoms with E-state index in [1.54, 1.807) is 14.0 Å². The first-order valence-electron chi connectivity index (χ1n) is 7.66. The lowest BCUT2D eigenvalue weighted by Crippen LogP contribution is -1.94. The Morgan fingerprint density at radius 3 is 2.23 bits per heavy atom. The molecule has 2 aromatic rings. The summed E-state index contributed by atoms with van der Waals surface area (Å²) in [5.74, 6) is 1.17. The summed E-state index contributed by atoms with van der Waals surface area (Å²) in [6, 6.07) is 18.6. The van der Waals surface area contributed by atoms with Gasteiger partial charge in [-0.05, 0) is 37.3 Å². The van der Waals surface area contributed by atoms with Crippen molar-refractivity contribution in [3.63, 3.8) is 0 Å².